The van der Waals surface area contributed by atoms with E-state index in [0.29, 0.717) is 0 Å². The second-order valence-electron chi connectivity index (χ2n) is 4.32. The first-order valence-electron chi connectivity index (χ1n) is 5.93. The third-order valence-corrected chi connectivity index (χ3v) is 2.99. The third-order valence-electron chi connectivity index (χ3n) is 2.99. The van der Waals surface area contributed by atoms with Gasteiger partial charge in [-0.05, 0) is 25.9 Å². The van der Waals surface area contributed by atoms with Crippen molar-refractivity contribution in [1.29, 1.82) is 0 Å². The largest absolute Gasteiger partial charge is 0.478 e. The summed E-state index contributed by atoms with van der Waals surface area (Å²) in [5, 5.41) is 25.9. The zero-order chi connectivity index (χ0) is 13.8. The molecular weight excluding hydrogens is 252 g/mol. The molecule has 0 aromatic carbocycles. The van der Waals surface area contributed by atoms with Gasteiger partial charge in [0.15, 0.2) is 0 Å². The lowest BCUT2D eigenvalue weighted by atomic mass is 10.1. The number of aromatic carboxylic acids is 1. The van der Waals surface area contributed by atoms with Gasteiger partial charge in [-0.1, -0.05) is 0 Å². The number of nitrogens with zero attached hydrogens (tertiary/aromatic N) is 2. The van der Waals surface area contributed by atoms with Crippen molar-refractivity contribution < 1.29 is 14.8 Å². The predicted octanol–water partition coefficient (Wildman–Crippen LogP) is 0.852. The number of aromatic nitrogens is 1. The average molecular weight is 266 g/mol. The molecule has 0 amide bonds. The van der Waals surface area contributed by atoms with Gasteiger partial charge in [0.05, 0.1) is 4.92 Å². The highest BCUT2D eigenvalue weighted by molar-refractivity contribution is 5.93. The van der Waals surface area contributed by atoms with Gasteiger partial charge in [-0.3, -0.25) is 10.1 Å². The van der Waals surface area contributed by atoms with Gasteiger partial charge < -0.3 is 15.7 Å². The molecule has 2 rings (SSSR count). The van der Waals surface area contributed by atoms with Crippen LogP contribution in [0.2, 0.25) is 0 Å². The predicted molar refractivity (Wildman–Crippen MR) is 67.4 cm³/mol. The van der Waals surface area contributed by atoms with Crippen molar-refractivity contribution in [2.24, 2.45) is 0 Å². The number of hydrogen-bond donors (Lipinski definition) is 3. The number of carboxylic acid groups (broad SMARTS) is 1. The van der Waals surface area contributed by atoms with E-state index >= 15 is 0 Å². The number of nitrogens with one attached hydrogen (secondary N) is 2. The summed E-state index contributed by atoms with van der Waals surface area (Å²) in [6.07, 6.45) is 2.78. The second kappa shape index (κ2) is 5.61. The Hall–Kier alpha value is -2.22. The van der Waals surface area contributed by atoms with E-state index in [1.807, 2.05) is 0 Å². The molecule has 3 N–H and O–H groups in total. The van der Waals surface area contributed by atoms with E-state index in [0.717, 1.165) is 38.2 Å². The summed E-state index contributed by atoms with van der Waals surface area (Å²) >= 11 is 0. The summed E-state index contributed by atoms with van der Waals surface area (Å²) in [5.74, 6) is -1.04. The van der Waals surface area contributed by atoms with Gasteiger partial charge >= 0.3 is 5.97 Å². The van der Waals surface area contributed by atoms with Gasteiger partial charge in [0, 0.05) is 12.1 Å². The maximum Gasteiger partial charge on any atom is 0.339 e. The molecule has 0 bridgehead atoms. The highest BCUT2D eigenvalue weighted by Gasteiger charge is 2.20. The molecule has 0 atom stereocenters. The van der Waals surface area contributed by atoms with Crippen molar-refractivity contribution >= 4 is 17.5 Å². The van der Waals surface area contributed by atoms with Crippen LogP contribution < -0.4 is 10.6 Å². The molecule has 8 heteroatoms. The van der Waals surface area contributed by atoms with Crippen LogP contribution in [0.3, 0.4) is 0 Å². The van der Waals surface area contributed by atoms with Crippen molar-refractivity contribution in [3.8, 4) is 0 Å². The van der Waals surface area contributed by atoms with E-state index in [4.69, 9.17) is 5.11 Å². The van der Waals surface area contributed by atoms with Gasteiger partial charge in [-0.15, -0.1) is 0 Å². The Kier molecular flexibility index (Phi) is 3.91. The van der Waals surface area contributed by atoms with Gasteiger partial charge in [0.25, 0.3) is 5.69 Å². The van der Waals surface area contributed by atoms with Gasteiger partial charge in [-0.2, -0.15) is 0 Å². The molecule has 8 nitrogen and oxygen atoms in total. The number of carboxylic acids is 1. The van der Waals surface area contributed by atoms with Gasteiger partial charge in [-0.25, -0.2) is 9.78 Å². The zero-order valence-electron chi connectivity index (χ0n) is 10.1. The molecule has 0 unspecified atom stereocenters. The first-order chi connectivity index (χ1) is 9.08. The standard InChI is InChI=1S/C11H14N4O4/c16-11(17)9-5-8(15(18)19)6-13-10(9)14-7-1-3-12-4-2-7/h5-7,12H,1-4H2,(H,13,14)(H,16,17). The molecule has 1 aromatic heterocycles. The monoisotopic (exact) mass is 266 g/mol. The topological polar surface area (TPSA) is 117 Å². The molecule has 1 saturated heterocycles. The molecule has 0 spiro atoms. The maximum atomic E-state index is 11.1. The first-order valence-corrected chi connectivity index (χ1v) is 5.93. The van der Waals surface area contributed by atoms with E-state index in [1.54, 1.807) is 0 Å². The van der Waals surface area contributed by atoms with Crippen molar-refractivity contribution in [3.63, 3.8) is 0 Å². The lowest BCUT2D eigenvalue weighted by Gasteiger charge is -2.24. The fourth-order valence-corrected chi connectivity index (χ4v) is 1.99. The Morgan fingerprint density at radius 2 is 2.21 bits per heavy atom. The van der Waals surface area contributed by atoms with E-state index in [2.05, 4.69) is 15.6 Å². The van der Waals surface area contributed by atoms with E-state index in [9.17, 15) is 14.9 Å². The number of anilines is 1. The number of pyridine rings is 1. The van der Waals surface area contributed by atoms with Crippen LogP contribution in [-0.2, 0) is 0 Å². The molecule has 1 aromatic rings. The van der Waals surface area contributed by atoms with Crippen LogP contribution in [0.1, 0.15) is 23.2 Å². The lowest BCUT2D eigenvalue weighted by molar-refractivity contribution is -0.385. The number of rotatable bonds is 4. The number of nitro groups is 1. The molecule has 1 fully saturated rings. The van der Waals surface area contributed by atoms with Crippen LogP contribution in [0.25, 0.3) is 0 Å². The van der Waals surface area contributed by atoms with Crippen LogP contribution in [0, 0.1) is 10.1 Å². The number of hydrogen-bond acceptors (Lipinski definition) is 6. The Bertz CT molecular complexity index is 499. The van der Waals surface area contributed by atoms with Crippen LogP contribution in [0.4, 0.5) is 11.5 Å². The lowest BCUT2D eigenvalue weighted by Crippen LogP contribution is -2.35. The summed E-state index contributed by atoms with van der Waals surface area (Å²) in [4.78, 5) is 24.9. The Morgan fingerprint density at radius 1 is 1.53 bits per heavy atom. The smallest absolute Gasteiger partial charge is 0.339 e. The Labute approximate surface area is 109 Å². The fraction of sp³-hybridized carbons (Fsp3) is 0.455. The molecule has 0 aliphatic carbocycles. The van der Waals surface area contributed by atoms with E-state index in [1.165, 1.54) is 0 Å². The molecule has 2 heterocycles. The van der Waals surface area contributed by atoms with Crippen LogP contribution in [-0.4, -0.2) is 40.1 Å². The molecule has 0 saturated carbocycles. The van der Waals surface area contributed by atoms with Crippen molar-refractivity contribution in [2.75, 3.05) is 18.4 Å². The van der Waals surface area contributed by atoms with E-state index in [-0.39, 0.29) is 23.1 Å². The minimum absolute atomic E-state index is 0.133. The highest BCUT2D eigenvalue weighted by Crippen LogP contribution is 2.21. The van der Waals surface area contributed by atoms with Crippen LogP contribution in [0.5, 0.6) is 0 Å². The molecule has 0 radical (unpaired) electrons. The van der Waals surface area contributed by atoms with E-state index < -0.39 is 10.9 Å². The fourth-order valence-electron chi connectivity index (χ4n) is 1.99. The summed E-state index contributed by atoms with van der Waals surface area (Å²) in [7, 11) is 0. The van der Waals surface area contributed by atoms with Crippen molar-refractivity contribution in [3.05, 3.63) is 27.9 Å². The normalized spacial score (nSPS) is 16.0. The number of piperidine rings is 1. The van der Waals surface area contributed by atoms with Crippen LogP contribution in [0.15, 0.2) is 12.3 Å². The first kappa shape index (κ1) is 13.2. The van der Waals surface area contributed by atoms with Gasteiger partial charge in [0.2, 0.25) is 0 Å². The third kappa shape index (κ3) is 3.16. The van der Waals surface area contributed by atoms with Gasteiger partial charge in [0.1, 0.15) is 17.6 Å². The van der Waals surface area contributed by atoms with Crippen LogP contribution >= 0.6 is 0 Å². The molecular formula is C11H14N4O4. The van der Waals surface area contributed by atoms with Crippen molar-refractivity contribution in [2.45, 2.75) is 18.9 Å². The average Bonchev–Trinajstić information content (AvgIpc) is 2.39. The summed E-state index contributed by atoms with van der Waals surface area (Å²) in [5.41, 5.74) is -0.499. The van der Waals surface area contributed by atoms with Crippen molar-refractivity contribution in [1.82, 2.24) is 10.3 Å². The minimum Gasteiger partial charge on any atom is -0.478 e. The number of carbonyl (C=O) groups is 1. The molecule has 1 aliphatic heterocycles. The Morgan fingerprint density at radius 3 is 2.79 bits per heavy atom. The second-order valence-corrected chi connectivity index (χ2v) is 4.32. The summed E-state index contributed by atoms with van der Waals surface area (Å²) < 4.78 is 0. The SMILES string of the molecule is O=C(O)c1cc([N+](=O)[O-])cnc1NC1CCNCC1. The Balaban J connectivity index is 2.23. The highest BCUT2D eigenvalue weighted by atomic mass is 16.6. The molecule has 19 heavy (non-hydrogen) atoms. The maximum absolute atomic E-state index is 11.1. The molecule has 1 aliphatic rings. The summed E-state index contributed by atoms with van der Waals surface area (Å²) in [6, 6.07) is 1.16. The zero-order valence-corrected chi connectivity index (χ0v) is 10.1. The molecule has 102 valence electrons. The summed E-state index contributed by atoms with van der Waals surface area (Å²) in [6.45, 7) is 1.71. The minimum atomic E-state index is -1.23. The quantitative estimate of drug-likeness (QED) is 0.546.